The maximum Gasteiger partial charge on any atom is 0.272 e. The average Bonchev–Trinajstić information content (AvgIpc) is 3.41. The summed E-state index contributed by atoms with van der Waals surface area (Å²) >= 11 is 0. The molecule has 1 fully saturated rings. The lowest BCUT2D eigenvalue weighted by Gasteiger charge is -2.31. The number of carbonyl (C=O) groups is 1. The molecule has 1 aromatic carbocycles. The van der Waals surface area contributed by atoms with Crippen molar-refractivity contribution < 1.29 is 17.6 Å². The number of aromatic nitrogens is 2. The molecule has 1 amide bonds. The van der Waals surface area contributed by atoms with Gasteiger partial charge >= 0.3 is 0 Å². The summed E-state index contributed by atoms with van der Waals surface area (Å²) in [6.07, 6.45) is 2.68. The molecule has 2 aromatic heterocycles. The number of H-pyrrole nitrogens is 1. The van der Waals surface area contributed by atoms with Gasteiger partial charge in [0, 0.05) is 25.2 Å². The number of sulfonamides is 1. The van der Waals surface area contributed by atoms with Crippen molar-refractivity contribution in [3.05, 3.63) is 66.1 Å². The van der Waals surface area contributed by atoms with Gasteiger partial charge in [-0.2, -0.15) is 5.10 Å². The predicted molar refractivity (Wildman–Crippen MR) is 107 cm³/mol. The lowest BCUT2D eigenvalue weighted by molar-refractivity contribution is 0.0918. The summed E-state index contributed by atoms with van der Waals surface area (Å²) in [7, 11) is -3.37. The lowest BCUT2D eigenvalue weighted by Crippen LogP contribution is -2.46. The van der Waals surface area contributed by atoms with E-state index in [0.29, 0.717) is 37.4 Å². The summed E-state index contributed by atoms with van der Waals surface area (Å²) in [5, 5.41) is 9.76. The van der Waals surface area contributed by atoms with Crippen LogP contribution in [0.5, 0.6) is 0 Å². The molecule has 8 nitrogen and oxygen atoms in total. The van der Waals surface area contributed by atoms with Crippen molar-refractivity contribution in [2.24, 2.45) is 0 Å². The minimum Gasteiger partial charge on any atom is -0.463 e. The highest BCUT2D eigenvalue weighted by atomic mass is 32.2. The van der Waals surface area contributed by atoms with E-state index in [1.165, 1.54) is 4.31 Å². The maximum atomic E-state index is 12.6. The van der Waals surface area contributed by atoms with Crippen LogP contribution in [0.25, 0.3) is 11.5 Å². The van der Waals surface area contributed by atoms with Crippen molar-refractivity contribution in [1.29, 1.82) is 0 Å². The Hall–Kier alpha value is -2.91. The molecule has 1 saturated heterocycles. The van der Waals surface area contributed by atoms with Crippen LogP contribution in [-0.4, -0.2) is 48.0 Å². The van der Waals surface area contributed by atoms with Crippen LogP contribution in [-0.2, 0) is 15.8 Å². The van der Waals surface area contributed by atoms with Gasteiger partial charge in [0.1, 0.15) is 5.69 Å². The summed E-state index contributed by atoms with van der Waals surface area (Å²) in [5.41, 5.74) is 1.67. The van der Waals surface area contributed by atoms with Gasteiger partial charge in [0.25, 0.3) is 5.91 Å². The Morgan fingerprint density at radius 3 is 2.62 bits per heavy atom. The second-order valence-electron chi connectivity index (χ2n) is 7.03. The highest BCUT2D eigenvalue weighted by Gasteiger charge is 2.29. The van der Waals surface area contributed by atoms with Crippen molar-refractivity contribution in [1.82, 2.24) is 19.8 Å². The molecular formula is C20H22N4O4S. The number of rotatable bonds is 6. The molecule has 0 bridgehead atoms. The highest BCUT2D eigenvalue weighted by molar-refractivity contribution is 7.88. The molecule has 0 saturated carbocycles. The van der Waals surface area contributed by atoms with Crippen molar-refractivity contribution in [3.8, 4) is 11.5 Å². The molecule has 0 unspecified atom stereocenters. The first kappa shape index (κ1) is 19.4. The van der Waals surface area contributed by atoms with Crippen LogP contribution in [0.1, 0.15) is 28.9 Å². The van der Waals surface area contributed by atoms with Gasteiger partial charge in [-0.15, -0.1) is 0 Å². The van der Waals surface area contributed by atoms with Gasteiger partial charge in [-0.1, -0.05) is 30.3 Å². The molecule has 0 aliphatic carbocycles. The number of furan rings is 1. The largest absolute Gasteiger partial charge is 0.463 e. The normalized spacial score (nSPS) is 16.0. The van der Waals surface area contributed by atoms with E-state index in [2.05, 4.69) is 15.5 Å². The number of benzene rings is 1. The van der Waals surface area contributed by atoms with Crippen LogP contribution in [0.3, 0.4) is 0 Å². The maximum absolute atomic E-state index is 12.6. The third-order valence-corrected chi connectivity index (χ3v) is 6.82. The van der Waals surface area contributed by atoms with Crippen molar-refractivity contribution >= 4 is 15.9 Å². The van der Waals surface area contributed by atoms with Gasteiger partial charge in [0.15, 0.2) is 11.5 Å². The summed E-state index contributed by atoms with van der Waals surface area (Å²) in [4.78, 5) is 12.5. The number of nitrogens with zero attached hydrogens (tertiary/aromatic N) is 2. The second kappa shape index (κ2) is 8.22. The molecule has 3 heterocycles. The first-order valence-corrected chi connectivity index (χ1v) is 11.0. The molecule has 1 aliphatic rings. The average molecular weight is 414 g/mol. The minimum atomic E-state index is -3.37. The molecular weight excluding hydrogens is 392 g/mol. The third-order valence-electron chi connectivity index (χ3n) is 4.97. The van der Waals surface area contributed by atoms with Gasteiger partial charge in [0.2, 0.25) is 10.0 Å². The fraction of sp³-hybridized carbons (Fsp3) is 0.300. The Kier molecular flexibility index (Phi) is 5.50. The Morgan fingerprint density at radius 1 is 1.17 bits per heavy atom. The quantitative estimate of drug-likeness (QED) is 0.644. The van der Waals surface area contributed by atoms with Gasteiger partial charge in [-0.25, -0.2) is 12.7 Å². The molecule has 29 heavy (non-hydrogen) atoms. The molecule has 2 N–H and O–H groups in total. The smallest absolute Gasteiger partial charge is 0.272 e. The van der Waals surface area contributed by atoms with Crippen LogP contribution < -0.4 is 5.32 Å². The van der Waals surface area contributed by atoms with E-state index in [4.69, 9.17) is 4.42 Å². The molecule has 9 heteroatoms. The molecule has 4 rings (SSSR count). The standard InChI is InChI=1S/C20H22N4O4S/c25-20(18-13-17(22-23-18)19-7-4-12-28-19)21-16-8-10-24(11-9-16)29(26,27)14-15-5-2-1-3-6-15/h1-7,12-13,16H,8-11,14H2,(H,21,25)(H,22,23). The van der Waals surface area contributed by atoms with Crippen molar-refractivity contribution in [2.75, 3.05) is 13.1 Å². The third kappa shape index (κ3) is 4.57. The van der Waals surface area contributed by atoms with Crippen LogP contribution in [0.4, 0.5) is 0 Å². The highest BCUT2D eigenvalue weighted by Crippen LogP contribution is 2.20. The monoisotopic (exact) mass is 414 g/mol. The minimum absolute atomic E-state index is 0.00626. The number of piperidine rings is 1. The zero-order valence-electron chi connectivity index (χ0n) is 15.7. The van der Waals surface area contributed by atoms with Crippen LogP contribution in [0, 0.1) is 0 Å². The van der Waals surface area contributed by atoms with Crippen LogP contribution in [0.2, 0.25) is 0 Å². The lowest BCUT2D eigenvalue weighted by atomic mass is 10.1. The predicted octanol–water partition coefficient (Wildman–Crippen LogP) is 2.39. The fourth-order valence-corrected chi connectivity index (χ4v) is 4.97. The number of aromatic amines is 1. The van der Waals surface area contributed by atoms with E-state index < -0.39 is 10.0 Å². The summed E-state index contributed by atoms with van der Waals surface area (Å²) in [6, 6.07) is 14.2. The van der Waals surface area contributed by atoms with E-state index >= 15 is 0 Å². The number of hydrogen-bond acceptors (Lipinski definition) is 5. The second-order valence-corrected chi connectivity index (χ2v) is 9.00. The van der Waals surface area contributed by atoms with E-state index in [9.17, 15) is 13.2 Å². The molecule has 1 aliphatic heterocycles. The zero-order chi connectivity index (χ0) is 20.3. The van der Waals surface area contributed by atoms with Crippen LogP contribution in [0.15, 0.2) is 59.2 Å². The van der Waals surface area contributed by atoms with Gasteiger partial charge in [-0.3, -0.25) is 9.89 Å². The van der Waals surface area contributed by atoms with Crippen LogP contribution >= 0.6 is 0 Å². The molecule has 0 spiro atoms. The summed E-state index contributed by atoms with van der Waals surface area (Å²) in [5.74, 6) is 0.311. The first-order chi connectivity index (χ1) is 14.0. The first-order valence-electron chi connectivity index (χ1n) is 9.43. The Morgan fingerprint density at radius 2 is 1.93 bits per heavy atom. The topological polar surface area (TPSA) is 108 Å². The molecule has 0 atom stereocenters. The van der Waals surface area contributed by atoms with Crippen molar-refractivity contribution in [3.63, 3.8) is 0 Å². The summed E-state index contributed by atoms with van der Waals surface area (Å²) in [6.45, 7) is 0.774. The zero-order valence-corrected chi connectivity index (χ0v) is 16.6. The number of carbonyl (C=O) groups excluding carboxylic acids is 1. The number of nitrogens with one attached hydrogen (secondary N) is 2. The van der Waals surface area contributed by atoms with Crippen molar-refractivity contribution in [2.45, 2.75) is 24.6 Å². The Bertz CT molecular complexity index is 1050. The number of amides is 1. The van der Waals surface area contributed by atoms with E-state index in [1.54, 1.807) is 24.5 Å². The fourth-order valence-electron chi connectivity index (χ4n) is 3.41. The summed E-state index contributed by atoms with van der Waals surface area (Å²) < 4.78 is 32.1. The molecule has 0 radical (unpaired) electrons. The van der Waals surface area contributed by atoms with E-state index in [1.807, 2.05) is 30.3 Å². The van der Waals surface area contributed by atoms with Gasteiger partial charge < -0.3 is 9.73 Å². The molecule has 3 aromatic rings. The van der Waals surface area contributed by atoms with E-state index in [0.717, 1.165) is 5.56 Å². The Labute approximate surface area is 169 Å². The van der Waals surface area contributed by atoms with E-state index in [-0.39, 0.29) is 23.4 Å². The van der Waals surface area contributed by atoms with Gasteiger partial charge in [0.05, 0.1) is 12.0 Å². The number of hydrogen-bond donors (Lipinski definition) is 2. The SMILES string of the molecule is O=C(NC1CCN(S(=O)(=O)Cc2ccccc2)CC1)c1cc(-c2ccco2)[nH]n1. The Balaban J connectivity index is 1.31. The van der Waals surface area contributed by atoms with Gasteiger partial charge in [-0.05, 0) is 30.5 Å². The molecule has 152 valence electrons.